The number of hydrogen-bond donors (Lipinski definition) is 0. The summed E-state index contributed by atoms with van der Waals surface area (Å²) in [7, 11) is 0. The van der Waals surface area contributed by atoms with Gasteiger partial charge in [-0.2, -0.15) is 0 Å². The van der Waals surface area contributed by atoms with Crippen LogP contribution in [0.2, 0.25) is 0 Å². The van der Waals surface area contributed by atoms with Crippen LogP contribution in [0.25, 0.3) is 77.2 Å². The Bertz CT molecular complexity index is 3210. The molecule has 0 N–H and O–H groups in total. The molecular formula is C52H31NO3. The lowest BCUT2D eigenvalue weighted by Gasteiger charge is -2.38. The summed E-state index contributed by atoms with van der Waals surface area (Å²) in [6, 6.07) is 66.0. The molecule has 0 bridgehead atoms. The Hall–Kier alpha value is -7.56. The molecule has 0 atom stereocenters. The number of benzene rings is 9. The lowest BCUT2D eigenvalue weighted by atomic mass is 9.93. The van der Waals surface area contributed by atoms with Crippen LogP contribution in [0.4, 0.5) is 17.1 Å². The van der Waals surface area contributed by atoms with Gasteiger partial charge in [0.15, 0.2) is 23.0 Å². The van der Waals surface area contributed by atoms with Crippen molar-refractivity contribution in [3.05, 3.63) is 188 Å². The molecule has 0 spiro atoms. The molecule has 9 aromatic carbocycles. The second kappa shape index (κ2) is 12.0. The van der Waals surface area contributed by atoms with Gasteiger partial charge < -0.3 is 13.9 Å². The highest BCUT2D eigenvalue weighted by Crippen LogP contribution is 2.61. The highest BCUT2D eigenvalue weighted by molar-refractivity contribution is 6.12. The van der Waals surface area contributed by atoms with Crippen molar-refractivity contribution < 1.29 is 13.9 Å². The third kappa shape index (κ3) is 4.66. The minimum Gasteiger partial charge on any atom is -0.456 e. The molecular weight excluding hydrogens is 687 g/mol. The average Bonchev–Trinajstić information content (AvgIpc) is 3.65. The van der Waals surface area contributed by atoms with Crippen LogP contribution in [0.3, 0.4) is 0 Å². The van der Waals surface area contributed by atoms with Gasteiger partial charge in [-0.25, -0.2) is 0 Å². The number of furan rings is 1. The maximum atomic E-state index is 6.97. The van der Waals surface area contributed by atoms with Gasteiger partial charge in [0.05, 0.1) is 11.4 Å². The standard InChI is InChI=1S/C52H31NO3/c1-2-12-32(13-3-1)37-17-6-7-18-39(37)34-24-26-43-47(28-34)55-49-30-36(40-20-10-15-33-14-4-5-16-38(33)40)31-50-52(49)53(43)44-27-25-35(29-48(44)56-50)41-21-11-23-46-51(41)42-19-8-9-22-45(42)54-46/h1-31H. The predicted molar refractivity (Wildman–Crippen MR) is 228 cm³/mol. The maximum Gasteiger partial charge on any atom is 0.156 e. The van der Waals surface area contributed by atoms with E-state index in [1.165, 1.54) is 21.9 Å². The number of nitrogens with zero attached hydrogens (tertiary/aromatic N) is 1. The van der Waals surface area contributed by atoms with E-state index in [-0.39, 0.29) is 0 Å². The molecule has 0 amide bonds. The highest BCUT2D eigenvalue weighted by atomic mass is 16.5. The topological polar surface area (TPSA) is 34.8 Å². The number of fused-ring (bicyclic) bond motifs is 8. The Morgan fingerprint density at radius 1 is 0.339 bits per heavy atom. The minimum absolute atomic E-state index is 0.742. The van der Waals surface area contributed by atoms with Crippen molar-refractivity contribution in [1.29, 1.82) is 0 Å². The Labute approximate surface area is 323 Å². The molecule has 262 valence electrons. The van der Waals surface area contributed by atoms with Crippen LogP contribution >= 0.6 is 0 Å². The Morgan fingerprint density at radius 2 is 0.875 bits per heavy atom. The highest BCUT2D eigenvalue weighted by Gasteiger charge is 2.36. The van der Waals surface area contributed by atoms with Crippen molar-refractivity contribution in [3.63, 3.8) is 0 Å². The van der Waals surface area contributed by atoms with E-state index in [2.05, 4.69) is 175 Å². The van der Waals surface area contributed by atoms with Gasteiger partial charge in [-0.1, -0.05) is 140 Å². The van der Waals surface area contributed by atoms with E-state index in [4.69, 9.17) is 13.9 Å². The van der Waals surface area contributed by atoms with Gasteiger partial charge in [-0.3, -0.25) is 4.90 Å². The third-order valence-electron chi connectivity index (χ3n) is 11.2. The molecule has 0 aliphatic carbocycles. The molecule has 0 saturated heterocycles. The summed E-state index contributed by atoms with van der Waals surface area (Å²) >= 11 is 0. The lowest BCUT2D eigenvalue weighted by Crippen LogP contribution is -2.20. The van der Waals surface area contributed by atoms with Crippen LogP contribution in [0.1, 0.15) is 0 Å². The SMILES string of the molecule is c1ccc(-c2ccccc2-c2ccc3c(c2)Oc2cc(-c4cccc5ccccc45)cc4c2N3c2ccc(-c3cccc5oc6ccccc6c35)cc2O4)cc1. The molecule has 4 heteroatoms. The molecule has 2 aliphatic rings. The average molecular weight is 718 g/mol. The smallest absolute Gasteiger partial charge is 0.156 e. The molecule has 0 radical (unpaired) electrons. The zero-order chi connectivity index (χ0) is 36.7. The molecule has 12 rings (SSSR count). The first kappa shape index (κ1) is 30.9. The summed E-state index contributed by atoms with van der Waals surface area (Å²) in [5.41, 5.74) is 13.4. The summed E-state index contributed by atoms with van der Waals surface area (Å²) in [5.74, 6) is 3.04. The number of rotatable bonds is 4. The van der Waals surface area contributed by atoms with Crippen LogP contribution in [0.15, 0.2) is 192 Å². The van der Waals surface area contributed by atoms with Gasteiger partial charge in [0.25, 0.3) is 0 Å². The molecule has 2 aliphatic heterocycles. The molecule has 3 heterocycles. The third-order valence-corrected chi connectivity index (χ3v) is 11.2. The zero-order valence-electron chi connectivity index (χ0n) is 30.1. The normalized spacial score (nSPS) is 12.5. The second-order valence-electron chi connectivity index (χ2n) is 14.4. The van der Waals surface area contributed by atoms with Crippen molar-refractivity contribution >= 4 is 49.8 Å². The van der Waals surface area contributed by atoms with E-state index in [1.807, 2.05) is 18.2 Å². The zero-order valence-corrected chi connectivity index (χ0v) is 30.1. The fourth-order valence-corrected chi connectivity index (χ4v) is 8.71. The quantitative estimate of drug-likeness (QED) is 0.182. The molecule has 0 unspecified atom stereocenters. The van der Waals surface area contributed by atoms with Crippen LogP contribution in [-0.4, -0.2) is 0 Å². The summed E-state index contributed by atoms with van der Waals surface area (Å²) in [6.45, 7) is 0. The first-order chi connectivity index (χ1) is 27.7. The van der Waals surface area contributed by atoms with Gasteiger partial charge in [0, 0.05) is 10.8 Å². The maximum absolute atomic E-state index is 6.97. The van der Waals surface area contributed by atoms with Gasteiger partial charge in [-0.05, 0) is 104 Å². The van der Waals surface area contributed by atoms with Gasteiger partial charge in [0.1, 0.15) is 16.9 Å². The Morgan fingerprint density at radius 3 is 1.64 bits per heavy atom. The molecule has 0 saturated carbocycles. The van der Waals surface area contributed by atoms with Gasteiger partial charge in [0.2, 0.25) is 0 Å². The fraction of sp³-hybridized carbons (Fsp3) is 0. The van der Waals surface area contributed by atoms with Crippen molar-refractivity contribution in [2.75, 3.05) is 4.90 Å². The molecule has 1 aromatic heterocycles. The van der Waals surface area contributed by atoms with Crippen LogP contribution in [0, 0.1) is 0 Å². The van der Waals surface area contributed by atoms with E-state index in [1.54, 1.807) is 0 Å². The number of anilines is 3. The van der Waals surface area contributed by atoms with E-state index >= 15 is 0 Å². The van der Waals surface area contributed by atoms with Gasteiger partial charge >= 0.3 is 0 Å². The molecule has 56 heavy (non-hydrogen) atoms. The van der Waals surface area contributed by atoms with E-state index in [0.717, 1.165) is 95.4 Å². The largest absolute Gasteiger partial charge is 0.456 e. The van der Waals surface area contributed by atoms with Crippen molar-refractivity contribution in [3.8, 4) is 67.5 Å². The monoisotopic (exact) mass is 717 g/mol. The van der Waals surface area contributed by atoms with Crippen molar-refractivity contribution in [2.45, 2.75) is 0 Å². The predicted octanol–water partition coefficient (Wildman–Crippen LogP) is 15.1. The van der Waals surface area contributed by atoms with E-state index in [0.29, 0.717) is 0 Å². The minimum atomic E-state index is 0.742. The van der Waals surface area contributed by atoms with Crippen LogP contribution in [-0.2, 0) is 0 Å². The number of para-hydroxylation sites is 1. The van der Waals surface area contributed by atoms with E-state index < -0.39 is 0 Å². The number of ether oxygens (including phenoxy) is 2. The van der Waals surface area contributed by atoms with Crippen LogP contribution < -0.4 is 14.4 Å². The summed E-state index contributed by atoms with van der Waals surface area (Å²) in [6.07, 6.45) is 0. The summed E-state index contributed by atoms with van der Waals surface area (Å²) < 4.78 is 20.2. The Kier molecular flexibility index (Phi) is 6.60. The van der Waals surface area contributed by atoms with Gasteiger partial charge in [-0.15, -0.1) is 0 Å². The van der Waals surface area contributed by atoms with E-state index in [9.17, 15) is 0 Å². The molecule has 10 aromatic rings. The van der Waals surface area contributed by atoms with Crippen LogP contribution in [0.5, 0.6) is 23.0 Å². The fourth-order valence-electron chi connectivity index (χ4n) is 8.71. The van der Waals surface area contributed by atoms with Crippen molar-refractivity contribution in [2.24, 2.45) is 0 Å². The Balaban J connectivity index is 1.06. The second-order valence-corrected chi connectivity index (χ2v) is 14.4. The summed E-state index contributed by atoms with van der Waals surface area (Å²) in [5, 5.41) is 4.55. The molecule has 4 nitrogen and oxygen atoms in total. The molecule has 0 fully saturated rings. The first-order valence-electron chi connectivity index (χ1n) is 18.9. The summed E-state index contributed by atoms with van der Waals surface area (Å²) in [4.78, 5) is 2.31. The number of hydrogen-bond acceptors (Lipinski definition) is 4. The lowest BCUT2D eigenvalue weighted by molar-refractivity contribution is 0.446. The van der Waals surface area contributed by atoms with Crippen molar-refractivity contribution in [1.82, 2.24) is 0 Å². The first-order valence-corrected chi connectivity index (χ1v) is 18.9.